The normalized spacial score (nSPS) is 11.2. The molecule has 0 bridgehead atoms. The van der Waals surface area contributed by atoms with Crippen molar-refractivity contribution in [2.24, 2.45) is 0 Å². The number of anilines is 1. The number of hydrogen-bond acceptors (Lipinski definition) is 3. The first-order valence-corrected chi connectivity index (χ1v) is 11.2. The maximum absolute atomic E-state index is 12.9. The Morgan fingerprint density at radius 1 is 1.11 bits per heavy atom. The second kappa shape index (κ2) is 10.2. The highest BCUT2D eigenvalue weighted by molar-refractivity contribution is 7.92. The molecular weight excluding hydrogens is 379 g/mol. The summed E-state index contributed by atoms with van der Waals surface area (Å²) in [4.78, 5) is 12.0. The third-order valence-electron chi connectivity index (χ3n) is 4.33. The third kappa shape index (κ3) is 7.31. The molecule has 0 unspecified atom stereocenters. The molecule has 1 N–H and O–H groups in total. The standard InChI is InChI=1S/C21H27FN2O3S/c1-17-6-3-8-20(16-17)24(28(2,26)27)15-5-9-21(25)23-14-4-7-18-10-12-19(22)13-11-18/h3,6,8,10-13,16H,4-5,7,9,14-15H2,1-2H3,(H,23,25). The molecule has 2 aromatic rings. The summed E-state index contributed by atoms with van der Waals surface area (Å²) in [6.07, 6.45) is 3.38. The molecule has 0 heterocycles. The van der Waals surface area contributed by atoms with E-state index in [0.29, 0.717) is 18.7 Å². The van der Waals surface area contributed by atoms with E-state index < -0.39 is 10.0 Å². The third-order valence-corrected chi connectivity index (χ3v) is 5.53. The van der Waals surface area contributed by atoms with E-state index in [9.17, 15) is 17.6 Å². The molecule has 0 fully saturated rings. The van der Waals surface area contributed by atoms with Crippen molar-refractivity contribution in [1.82, 2.24) is 5.32 Å². The monoisotopic (exact) mass is 406 g/mol. The summed E-state index contributed by atoms with van der Waals surface area (Å²) in [6, 6.07) is 13.6. The average Bonchev–Trinajstić information content (AvgIpc) is 2.63. The Kier molecular flexibility index (Phi) is 7.99. The van der Waals surface area contributed by atoms with Gasteiger partial charge in [0.05, 0.1) is 11.9 Å². The van der Waals surface area contributed by atoms with Crippen molar-refractivity contribution >= 4 is 21.6 Å². The summed E-state index contributed by atoms with van der Waals surface area (Å²) >= 11 is 0. The minimum absolute atomic E-state index is 0.100. The first-order chi connectivity index (χ1) is 13.3. The van der Waals surface area contributed by atoms with Crippen LogP contribution < -0.4 is 9.62 Å². The number of sulfonamides is 1. The van der Waals surface area contributed by atoms with Crippen LogP contribution >= 0.6 is 0 Å². The van der Waals surface area contributed by atoms with E-state index in [1.54, 1.807) is 18.2 Å². The van der Waals surface area contributed by atoms with Crippen molar-refractivity contribution in [3.63, 3.8) is 0 Å². The average molecular weight is 407 g/mol. The first kappa shape index (κ1) is 21.9. The number of benzene rings is 2. The van der Waals surface area contributed by atoms with Crippen molar-refractivity contribution in [3.8, 4) is 0 Å². The number of nitrogens with zero attached hydrogens (tertiary/aromatic N) is 1. The summed E-state index contributed by atoms with van der Waals surface area (Å²) in [5, 5.41) is 2.84. The Morgan fingerprint density at radius 2 is 1.82 bits per heavy atom. The lowest BCUT2D eigenvalue weighted by molar-refractivity contribution is -0.121. The van der Waals surface area contributed by atoms with Crippen LogP contribution in [0.2, 0.25) is 0 Å². The molecular formula is C21H27FN2O3S. The van der Waals surface area contributed by atoms with Gasteiger partial charge in [0.15, 0.2) is 0 Å². The van der Waals surface area contributed by atoms with E-state index in [2.05, 4.69) is 5.32 Å². The lowest BCUT2D eigenvalue weighted by Gasteiger charge is -2.22. The van der Waals surface area contributed by atoms with Gasteiger partial charge in [-0.15, -0.1) is 0 Å². The van der Waals surface area contributed by atoms with Gasteiger partial charge in [-0.25, -0.2) is 12.8 Å². The van der Waals surface area contributed by atoms with Gasteiger partial charge in [0, 0.05) is 19.5 Å². The molecule has 0 aliphatic heterocycles. The minimum atomic E-state index is -3.41. The van der Waals surface area contributed by atoms with Crippen LogP contribution in [0.1, 0.15) is 30.4 Å². The molecule has 0 radical (unpaired) electrons. The van der Waals surface area contributed by atoms with E-state index in [-0.39, 0.29) is 24.7 Å². The van der Waals surface area contributed by atoms with E-state index in [4.69, 9.17) is 0 Å². The number of carbonyl (C=O) groups excluding carboxylic acids is 1. The van der Waals surface area contributed by atoms with Crippen LogP contribution in [0.3, 0.4) is 0 Å². The number of hydrogen-bond donors (Lipinski definition) is 1. The molecule has 28 heavy (non-hydrogen) atoms. The molecule has 5 nitrogen and oxygen atoms in total. The summed E-state index contributed by atoms with van der Waals surface area (Å²) in [5.74, 6) is -0.359. The van der Waals surface area contributed by atoms with Crippen molar-refractivity contribution in [2.75, 3.05) is 23.7 Å². The fourth-order valence-corrected chi connectivity index (χ4v) is 3.87. The zero-order chi connectivity index (χ0) is 20.6. The van der Waals surface area contributed by atoms with Gasteiger partial charge in [0.2, 0.25) is 15.9 Å². The lowest BCUT2D eigenvalue weighted by Crippen LogP contribution is -2.32. The van der Waals surface area contributed by atoms with Gasteiger partial charge in [0.1, 0.15) is 5.82 Å². The summed E-state index contributed by atoms with van der Waals surface area (Å²) in [7, 11) is -3.41. The highest BCUT2D eigenvalue weighted by Crippen LogP contribution is 2.19. The number of nitrogens with one attached hydrogen (secondary N) is 1. The second-order valence-corrected chi connectivity index (χ2v) is 8.76. The highest BCUT2D eigenvalue weighted by Gasteiger charge is 2.17. The predicted octanol–water partition coefficient (Wildman–Crippen LogP) is 3.43. The number of carbonyl (C=O) groups is 1. The van der Waals surface area contributed by atoms with Gasteiger partial charge in [-0.3, -0.25) is 9.10 Å². The molecule has 0 atom stereocenters. The smallest absolute Gasteiger partial charge is 0.232 e. The van der Waals surface area contributed by atoms with Crippen LogP contribution in [0, 0.1) is 12.7 Å². The molecule has 2 aromatic carbocycles. The maximum Gasteiger partial charge on any atom is 0.232 e. The van der Waals surface area contributed by atoms with Crippen LogP contribution in [0.25, 0.3) is 0 Å². The van der Waals surface area contributed by atoms with E-state index >= 15 is 0 Å². The van der Waals surface area contributed by atoms with Crippen molar-refractivity contribution in [3.05, 3.63) is 65.5 Å². The van der Waals surface area contributed by atoms with Crippen LogP contribution in [0.4, 0.5) is 10.1 Å². The largest absolute Gasteiger partial charge is 0.356 e. The van der Waals surface area contributed by atoms with Gasteiger partial charge >= 0.3 is 0 Å². The Balaban J connectivity index is 1.74. The number of amides is 1. The molecule has 0 aliphatic rings. The second-order valence-electron chi connectivity index (χ2n) is 6.86. The predicted molar refractivity (Wildman–Crippen MR) is 110 cm³/mol. The Bertz CT molecular complexity index is 883. The van der Waals surface area contributed by atoms with Crippen molar-refractivity contribution in [1.29, 1.82) is 0 Å². The molecule has 0 saturated carbocycles. The number of aryl methyl sites for hydroxylation is 2. The van der Waals surface area contributed by atoms with Crippen molar-refractivity contribution in [2.45, 2.75) is 32.6 Å². The Labute approximate surface area is 166 Å². The first-order valence-electron chi connectivity index (χ1n) is 9.31. The molecule has 0 saturated heterocycles. The quantitative estimate of drug-likeness (QED) is 0.615. The number of halogens is 1. The van der Waals surface area contributed by atoms with Gasteiger partial charge < -0.3 is 5.32 Å². The van der Waals surface area contributed by atoms with E-state index in [1.165, 1.54) is 22.7 Å². The zero-order valence-corrected chi connectivity index (χ0v) is 17.1. The van der Waals surface area contributed by atoms with E-state index in [1.807, 2.05) is 25.1 Å². The van der Waals surface area contributed by atoms with Crippen LogP contribution in [-0.4, -0.2) is 33.7 Å². The van der Waals surface area contributed by atoms with Gasteiger partial charge in [-0.05, 0) is 61.6 Å². The fraction of sp³-hybridized carbons (Fsp3) is 0.381. The van der Waals surface area contributed by atoms with Gasteiger partial charge in [-0.1, -0.05) is 24.3 Å². The highest BCUT2D eigenvalue weighted by atomic mass is 32.2. The van der Waals surface area contributed by atoms with E-state index in [0.717, 1.165) is 24.0 Å². The molecule has 7 heteroatoms. The van der Waals surface area contributed by atoms with Crippen LogP contribution in [0.5, 0.6) is 0 Å². The van der Waals surface area contributed by atoms with Crippen LogP contribution in [-0.2, 0) is 21.2 Å². The topological polar surface area (TPSA) is 66.5 Å². The lowest BCUT2D eigenvalue weighted by atomic mass is 10.1. The van der Waals surface area contributed by atoms with Gasteiger partial charge in [-0.2, -0.15) is 0 Å². The van der Waals surface area contributed by atoms with Crippen molar-refractivity contribution < 1.29 is 17.6 Å². The Morgan fingerprint density at radius 3 is 2.46 bits per heavy atom. The maximum atomic E-state index is 12.9. The number of rotatable bonds is 10. The van der Waals surface area contributed by atoms with Gasteiger partial charge in [0.25, 0.3) is 0 Å². The molecule has 0 aliphatic carbocycles. The van der Waals surface area contributed by atoms with Crippen LogP contribution in [0.15, 0.2) is 48.5 Å². The molecule has 1 amide bonds. The molecule has 2 rings (SSSR count). The molecule has 0 aromatic heterocycles. The Hall–Kier alpha value is -2.41. The summed E-state index contributed by atoms with van der Waals surface area (Å²) in [6.45, 7) is 2.69. The summed E-state index contributed by atoms with van der Waals surface area (Å²) in [5.41, 5.74) is 2.62. The molecule has 152 valence electrons. The zero-order valence-electron chi connectivity index (χ0n) is 16.3. The molecule has 0 spiro atoms. The SMILES string of the molecule is Cc1cccc(N(CCCC(=O)NCCCc2ccc(F)cc2)S(C)(=O)=O)c1. The fourth-order valence-electron chi connectivity index (χ4n) is 2.91. The minimum Gasteiger partial charge on any atom is -0.356 e. The summed E-state index contributed by atoms with van der Waals surface area (Å²) < 4.78 is 38.4.